The molecule has 0 saturated carbocycles. The van der Waals surface area contributed by atoms with Gasteiger partial charge in [0.05, 0.1) is 16.4 Å². The van der Waals surface area contributed by atoms with E-state index in [0.29, 0.717) is 5.02 Å². The van der Waals surface area contributed by atoms with E-state index in [1.54, 1.807) is 0 Å². The van der Waals surface area contributed by atoms with Crippen molar-refractivity contribution >= 4 is 138 Å². The number of fused-ring (bicyclic) bond motifs is 9. The lowest BCUT2D eigenvalue weighted by molar-refractivity contribution is 0.590. The maximum atomic E-state index is 8.06. The third kappa shape index (κ3) is 8.26. The number of furan rings is 2. The Morgan fingerprint density at radius 1 is 0.320 bits per heavy atom. The zero-order chi connectivity index (χ0) is 51.2. The molecule has 0 saturated heterocycles. The van der Waals surface area contributed by atoms with Crippen molar-refractivity contribution in [1.82, 2.24) is 0 Å². The number of benzene rings is 10. The van der Waals surface area contributed by atoms with E-state index in [4.69, 9.17) is 20.4 Å². The fourth-order valence-corrected chi connectivity index (χ4v) is 12.1. The van der Waals surface area contributed by atoms with Gasteiger partial charge in [-0.05, 0) is 143 Å². The standard InChI is InChI=1S/C68H54ClN3O2S/c1-67(2,3)43-25-29-45(30-26-43)71(58-20-14-21-59(66(58)69)72(46-31-27-44(28-32-46)68(4,5)6)51-33-36-55-54-19-9-12-24-64(54)75-65(55)42-51)48-16-13-15-47(39-48)70(49-34-37-62-56(40-49)52-17-7-10-22-60(52)73-62)50-35-38-63-57(41-50)53-18-8-11-23-61(53)74-63/h7-42H,1-6H3. The quantitative estimate of drug-likeness (QED) is 0.144. The molecule has 0 fully saturated rings. The van der Waals surface area contributed by atoms with Crippen LogP contribution in [0.4, 0.5) is 51.2 Å². The number of nitrogens with zero attached hydrogens (tertiary/aromatic N) is 3. The lowest BCUT2D eigenvalue weighted by Crippen LogP contribution is -2.16. The van der Waals surface area contributed by atoms with Gasteiger partial charge in [-0.15, -0.1) is 11.3 Å². The second-order valence-electron chi connectivity index (χ2n) is 21.6. The Hall–Kier alpha value is -8.29. The van der Waals surface area contributed by atoms with Crippen molar-refractivity contribution in [2.24, 2.45) is 0 Å². The summed E-state index contributed by atoms with van der Waals surface area (Å²) in [7, 11) is 0. The third-order valence-electron chi connectivity index (χ3n) is 14.6. The molecule has 5 nitrogen and oxygen atoms in total. The molecular formula is C68H54ClN3O2S. The summed E-state index contributed by atoms with van der Waals surface area (Å²) in [6, 6.07) is 78.0. The number of anilines is 9. The van der Waals surface area contributed by atoms with E-state index in [1.165, 1.54) is 31.3 Å². The van der Waals surface area contributed by atoms with E-state index < -0.39 is 0 Å². The summed E-state index contributed by atoms with van der Waals surface area (Å²) in [6.07, 6.45) is 0. The van der Waals surface area contributed by atoms with Gasteiger partial charge in [0, 0.05) is 81.5 Å². The van der Waals surface area contributed by atoms with Crippen LogP contribution in [0.2, 0.25) is 5.02 Å². The lowest BCUT2D eigenvalue weighted by atomic mass is 9.87. The zero-order valence-electron chi connectivity index (χ0n) is 42.7. The average Bonchev–Trinajstić information content (AvgIpc) is 4.11. The summed E-state index contributed by atoms with van der Waals surface area (Å²) in [6.45, 7) is 13.5. The summed E-state index contributed by atoms with van der Waals surface area (Å²) in [5.74, 6) is 0. The first-order valence-electron chi connectivity index (χ1n) is 25.6. The van der Waals surface area contributed by atoms with E-state index in [9.17, 15) is 0 Å². The van der Waals surface area contributed by atoms with Crippen LogP contribution in [0.25, 0.3) is 64.0 Å². The summed E-state index contributed by atoms with van der Waals surface area (Å²) >= 11 is 9.88. The SMILES string of the molecule is CC(C)(C)c1ccc(N(c2cccc(N(c3ccc4oc5ccccc5c4c3)c3ccc4oc5ccccc5c4c3)c2)c2cccc(N(c3ccc(C(C)(C)C)cc3)c3ccc4c(c3)sc3ccccc34)c2Cl)cc1. The Labute approximate surface area is 446 Å². The highest BCUT2D eigenvalue weighted by Crippen LogP contribution is 2.50. The Balaban J connectivity index is 1.00. The molecular weight excluding hydrogens is 958 g/mol. The number of thiophene rings is 1. The van der Waals surface area contributed by atoms with Crippen LogP contribution < -0.4 is 14.7 Å². The predicted molar refractivity (Wildman–Crippen MR) is 320 cm³/mol. The molecule has 0 N–H and O–H groups in total. The second kappa shape index (κ2) is 18.0. The molecule has 7 heteroatoms. The van der Waals surface area contributed by atoms with Crippen LogP contribution in [0.15, 0.2) is 227 Å². The van der Waals surface area contributed by atoms with Crippen LogP contribution in [0.5, 0.6) is 0 Å². The maximum Gasteiger partial charge on any atom is 0.135 e. The molecule has 366 valence electrons. The number of hydrogen-bond acceptors (Lipinski definition) is 6. The van der Waals surface area contributed by atoms with Gasteiger partial charge in [-0.1, -0.05) is 150 Å². The van der Waals surface area contributed by atoms with Crippen LogP contribution in [-0.2, 0) is 10.8 Å². The minimum absolute atomic E-state index is 0.00910. The van der Waals surface area contributed by atoms with E-state index in [2.05, 4.69) is 250 Å². The van der Waals surface area contributed by atoms with Gasteiger partial charge in [-0.3, -0.25) is 0 Å². The molecule has 0 unspecified atom stereocenters. The van der Waals surface area contributed by atoms with Crippen molar-refractivity contribution in [2.45, 2.75) is 52.4 Å². The summed E-state index contributed by atoms with van der Waals surface area (Å²) in [4.78, 5) is 6.94. The molecule has 0 bridgehead atoms. The van der Waals surface area contributed by atoms with Crippen LogP contribution in [0.1, 0.15) is 52.7 Å². The minimum Gasteiger partial charge on any atom is -0.456 e. The smallest absolute Gasteiger partial charge is 0.135 e. The van der Waals surface area contributed by atoms with Crippen molar-refractivity contribution in [2.75, 3.05) is 14.7 Å². The van der Waals surface area contributed by atoms with E-state index >= 15 is 0 Å². The molecule has 13 rings (SSSR count). The molecule has 0 amide bonds. The monoisotopic (exact) mass is 1010 g/mol. The van der Waals surface area contributed by atoms with Gasteiger partial charge in [0.25, 0.3) is 0 Å². The number of halogens is 1. The van der Waals surface area contributed by atoms with Crippen LogP contribution >= 0.6 is 22.9 Å². The summed E-state index contributed by atoms with van der Waals surface area (Å²) < 4.78 is 15.2. The topological polar surface area (TPSA) is 36.0 Å². The van der Waals surface area contributed by atoms with Crippen molar-refractivity contribution in [3.63, 3.8) is 0 Å². The molecule has 13 aromatic rings. The zero-order valence-corrected chi connectivity index (χ0v) is 44.3. The minimum atomic E-state index is -0.0390. The largest absolute Gasteiger partial charge is 0.456 e. The average molecular weight is 1010 g/mol. The molecule has 0 spiro atoms. The molecule has 75 heavy (non-hydrogen) atoms. The fraction of sp³-hybridized carbons (Fsp3) is 0.118. The van der Waals surface area contributed by atoms with Gasteiger partial charge >= 0.3 is 0 Å². The summed E-state index contributed by atoms with van der Waals surface area (Å²) in [5.41, 5.74) is 14.5. The Morgan fingerprint density at radius 2 is 0.720 bits per heavy atom. The normalized spacial score (nSPS) is 12.2. The van der Waals surface area contributed by atoms with Gasteiger partial charge in [0.2, 0.25) is 0 Å². The summed E-state index contributed by atoms with van der Waals surface area (Å²) in [5, 5.41) is 7.37. The van der Waals surface area contributed by atoms with Gasteiger partial charge in [-0.2, -0.15) is 0 Å². The van der Waals surface area contributed by atoms with E-state index in [1.807, 2.05) is 35.6 Å². The molecule has 10 aromatic carbocycles. The van der Waals surface area contributed by atoms with Gasteiger partial charge in [0.1, 0.15) is 22.3 Å². The number of rotatable bonds is 9. The van der Waals surface area contributed by atoms with Crippen LogP contribution in [-0.4, -0.2) is 0 Å². The highest BCUT2D eigenvalue weighted by molar-refractivity contribution is 7.25. The molecule has 0 radical (unpaired) electrons. The van der Waals surface area contributed by atoms with Gasteiger partial charge in [-0.25, -0.2) is 0 Å². The molecule has 0 atom stereocenters. The predicted octanol–water partition coefficient (Wildman–Crippen LogP) is 21.5. The van der Waals surface area contributed by atoms with Crippen molar-refractivity contribution in [3.8, 4) is 0 Å². The third-order valence-corrected chi connectivity index (χ3v) is 16.1. The van der Waals surface area contributed by atoms with Crippen molar-refractivity contribution in [3.05, 3.63) is 235 Å². The highest BCUT2D eigenvalue weighted by atomic mass is 35.5. The van der Waals surface area contributed by atoms with Gasteiger partial charge in [0.15, 0.2) is 0 Å². The van der Waals surface area contributed by atoms with E-state index in [0.717, 1.165) is 95.1 Å². The highest BCUT2D eigenvalue weighted by Gasteiger charge is 2.26. The van der Waals surface area contributed by atoms with Crippen LogP contribution in [0, 0.1) is 0 Å². The fourth-order valence-electron chi connectivity index (χ4n) is 10.7. The van der Waals surface area contributed by atoms with Crippen LogP contribution in [0.3, 0.4) is 0 Å². The lowest BCUT2D eigenvalue weighted by Gasteiger charge is -2.32. The number of hydrogen-bond donors (Lipinski definition) is 0. The molecule has 3 heterocycles. The van der Waals surface area contributed by atoms with Gasteiger partial charge < -0.3 is 23.5 Å². The first-order valence-corrected chi connectivity index (χ1v) is 26.8. The van der Waals surface area contributed by atoms with Crippen molar-refractivity contribution in [1.29, 1.82) is 0 Å². The molecule has 3 aromatic heterocycles. The number of para-hydroxylation sites is 2. The van der Waals surface area contributed by atoms with E-state index in [-0.39, 0.29) is 10.8 Å². The molecule has 0 aliphatic carbocycles. The first kappa shape index (κ1) is 46.5. The maximum absolute atomic E-state index is 8.06. The van der Waals surface area contributed by atoms with Crippen molar-refractivity contribution < 1.29 is 8.83 Å². The Morgan fingerprint density at radius 3 is 1.25 bits per heavy atom. The second-order valence-corrected chi connectivity index (χ2v) is 23.0. The Bertz CT molecular complexity index is 4190. The first-order chi connectivity index (χ1) is 36.3. The molecule has 0 aliphatic rings. The Kier molecular flexibility index (Phi) is 11.1. The molecule has 0 aliphatic heterocycles.